The van der Waals surface area contributed by atoms with Crippen LogP contribution in [0.5, 0.6) is 0 Å². The molecular formula is C24H36ClN5O. The van der Waals surface area contributed by atoms with Crippen molar-refractivity contribution < 1.29 is 4.79 Å². The maximum absolute atomic E-state index is 12.6. The van der Waals surface area contributed by atoms with Crippen LogP contribution in [0.1, 0.15) is 25.3 Å². The van der Waals surface area contributed by atoms with Gasteiger partial charge in [-0.25, -0.2) is 0 Å². The van der Waals surface area contributed by atoms with E-state index in [9.17, 15) is 4.79 Å². The lowest BCUT2D eigenvalue weighted by atomic mass is 9.95. The standard InChI is InChI=1S/C24H36ClN5O/c1-3-28-12-14-29(15-13-28)11-8-26-24(31)19-6-9-30(10-7-19)18-20-17-27(2)23-5-4-21(25)16-22(20)23/h4-5,16-17,19H,3,6-15,18H2,1-2H3,(H,26,31). The highest BCUT2D eigenvalue weighted by atomic mass is 35.5. The first-order chi connectivity index (χ1) is 15.0. The van der Waals surface area contributed by atoms with Gasteiger partial charge in [-0.3, -0.25) is 14.6 Å². The molecule has 0 unspecified atom stereocenters. The molecule has 2 fully saturated rings. The zero-order valence-electron chi connectivity index (χ0n) is 18.9. The molecule has 2 aliphatic heterocycles. The van der Waals surface area contributed by atoms with E-state index < -0.39 is 0 Å². The number of benzene rings is 1. The van der Waals surface area contributed by atoms with Crippen molar-refractivity contribution in [2.45, 2.75) is 26.3 Å². The highest BCUT2D eigenvalue weighted by Crippen LogP contribution is 2.27. The van der Waals surface area contributed by atoms with Crippen LogP contribution in [0.2, 0.25) is 5.02 Å². The third-order valence-corrected chi connectivity index (χ3v) is 7.26. The normalized spacial score (nSPS) is 19.8. The van der Waals surface area contributed by atoms with Gasteiger partial charge in [0.25, 0.3) is 0 Å². The van der Waals surface area contributed by atoms with Crippen molar-refractivity contribution in [1.82, 2.24) is 24.6 Å². The van der Waals surface area contributed by atoms with Crippen molar-refractivity contribution >= 4 is 28.4 Å². The maximum Gasteiger partial charge on any atom is 0.223 e. The Bertz CT molecular complexity index is 881. The maximum atomic E-state index is 12.6. The number of aromatic nitrogens is 1. The van der Waals surface area contributed by atoms with Crippen LogP contribution in [0.4, 0.5) is 0 Å². The molecule has 2 aromatic rings. The first-order valence-electron chi connectivity index (χ1n) is 11.7. The molecule has 0 spiro atoms. The average molecular weight is 446 g/mol. The Morgan fingerprint density at radius 2 is 1.77 bits per heavy atom. The number of nitrogens with zero attached hydrogens (tertiary/aromatic N) is 4. The largest absolute Gasteiger partial charge is 0.355 e. The number of fused-ring (bicyclic) bond motifs is 1. The fraction of sp³-hybridized carbons (Fsp3) is 0.625. The summed E-state index contributed by atoms with van der Waals surface area (Å²) in [6.45, 7) is 12.4. The zero-order chi connectivity index (χ0) is 21.8. The van der Waals surface area contributed by atoms with Gasteiger partial charge in [-0.15, -0.1) is 0 Å². The summed E-state index contributed by atoms with van der Waals surface area (Å²) in [5, 5.41) is 5.20. The second kappa shape index (κ2) is 10.3. The topological polar surface area (TPSA) is 43.8 Å². The minimum Gasteiger partial charge on any atom is -0.355 e. The monoisotopic (exact) mass is 445 g/mol. The Balaban J connectivity index is 1.20. The van der Waals surface area contributed by atoms with E-state index in [1.54, 1.807) is 0 Å². The highest BCUT2D eigenvalue weighted by Gasteiger charge is 2.25. The van der Waals surface area contributed by atoms with Crippen LogP contribution in [0.25, 0.3) is 10.9 Å². The molecule has 2 aliphatic rings. The first-order valence-corrected chi connectivity index (χ1v) is 12.1. The number of carbonyl (C=O) groups excluding carboxylic acids is 1. The second-order valence-electron chi connectivity index (χ2n) is 9.04. The van der Waals surface area contributed by atoms with Gasteiger partial charge in [0.1, 0.15) is 0 Å². The Morgan fingerprint density at radius 1 is 1.06 bits per heavy atom. The average Bonchev–Trinajstić information content (AvgIpc) is 3.09. The molecule has 0 bridgehead atoms. The zero-order valence-corrected chi connectivity index (χ0v) is 19.7. The fourth-order valence-electron chi connectivity index (χ4n) is 4.98. The summed E-state index contributed by atoms with van der Waals surface area (Å²) in [5.74, 6) is 0.388. The number of amides is 1. The van der Waals surface area contributed by atoms with Crippen molar-refractivity contribution in [3.05, 3.63) is 35.0 Å². The van der Waals surface area contributed by atoms with E-state index in [4.69, 9.17) is 11.6 Å². The molecule has 1 N–H and O–H groups in total. The quantitative estimate of drug-likeness (QED) is 0.711. The van der Waals surface area contributed by atoms with Crippen LogP contribution in [0.3, 0.4) is 0 Å². The molecule has 6 nitrogen and oxygen atoms in total. The second-order valence-corrected chi connectivity index (χ2v) is 9.48. The number of nitrogens with one attached hydrogen (secondary N) is 1. The predicted octanol–water partition coefficient (Wildman–Crippen LogP) is 2.80. The van der Waals surface area contributed by atoms with Gasteiger partial charge in [-0.1, -0.05) is 18.5 Å². The summed E-state index contributed by atoms with van der Waals surface area (Å²) >= 11 is 6.23. The van der Waals surface area contributed by atoms with Gasteiger partial charge in [0, 0.05) is 80.9 Å². The molecule has 0 radical (unpaired) electrons. The third-order valence-electron chi connectivity index (χ3n) is 7.03. The summed E-state index contributed by atoms with van der Waals surface area (Å²) in [6.07, 6.45) is 4.08. The van der Waals surface area contributed by atoms with Gasteiger partial charge < -0.3 is 14.8 Å². The van der Waals surface area contributed by atoms with Crippen molar-refractivity contribution in [3.63, 3.8) is 0 Å². The Labute approximate surface area is 191 Å². The molecule has 0 saturated carbocycles. The molecule has 1 aromatic heterocycles. The minimum absolute atomic E-state index is 0.148. The van der Waals surface area contributed by atoms with E-state index in [1.165, 1.54) is 16.5 Å². The van der Waals surface area contributed by atoms with Gasteiger partial charge in [-0.2, -0.15) is 0 Å². The molecule has 1 aromatic carbocycles. The molecule has 7 heteroatoms. The van der Waals surface area contributed by atoms with Crippen LogP contribution < -0.4 is 5.32 Å². The summed E-state index contributed by atoms with van der Waals surface area (Å²) in [6, 6.07) is 6.10. The van der Waals surface area contributed by atoms with Crippen molar-refractivity contribution in [2.75, 3.05) is 58.9 Å². The number of piperidine rings is 1. The molecule has 0 aliphatic carbocycles. The fourth-order valence-corrected chi connectivity index (χ4v) is 5.15. The Kier molecular flexibility index (Phi) is 7.54. The summed E-state index contributed by atoms with van der Waals surface area (Å²) in [7, 11) is 2.08. The van der Waals surface area contributed by atoms with Gasteiger partial charge in [0.2, 0.25) is 5.91 Å². The number of hydrogen-bond donors (Lipinski definition) is 1. The number of likely N-dealkylation sites (N-methyl/N-ethyl adjacent to an activating group) is 1. The molecular weight excluding hydrogens is 410 g/mol. The molecule has 4 rings (SSSR count). The summed E-state index contributed by atoms with van der Waals surface area (Å²) in [4.78, 5) is 20.1. The summed E-state index contributed by atoms with van der Waals surface area (Å²) < 4.78 is 2.17. The Morgan fingerprint density at radius 3 is 2.48 bits per heavy atom. The number of aryl methyl sites for hydroxylation is 1. The van der Waals surface area contributed by atoms with Crippen LogP contribution in [-0.4, -0.2) is 84.1 Å². The minimum atomic E-state index is 0.148. The molecule has 3 heterocycles. The van der Waals surface area contributed by atoms with E-state index in [2.05, 4.69) is 56.9 Å². The lowest BCUT2D eigenvalue weighted by Gasteiger charge is -2.34. The third kappa shape index (κ3) is 5.61. The van der Waals surface area contributed by atoms with E-state index >= 15 is 0 Å². The number of hydrogen-bond acceptors (Lipinski definition) is 4. The van der Waals surface area contributed by atoms with Crippen LogP contribution >= 0.6 is 11.6 Å². The SMILES string of the molecule is CCN1CCN(CCNC(=O)C2CCN(Cc3cn(C)c4ccc(Cl)cc34)CC2)CC1. The van der Waals surface area contributed by atoms with Gasteiger partial charge >= 0.3 is 0 Å². The van der Waals surface area contributed by atoms with Crippen molar-refractivity contribution in [2.24, 2.45) is 13.0 Å². The molecule has 0 atom stereocenters. The molecule has 31 heavy (non-hydrogen) atoms. The number of piperazine rings is 1. The van der Waals surface area contributed by atoms with Gasteiger partial charge in [0.05, 0.1) is 0 Å². The number of rotatable bonds is 7. The van der Waals surface area contributed by atoms with Crippen LogP contribution in [0, 0.1) is 5.92 Å². The van der Waals surface area contributed by atoms with E-state index in [0.29, 0.717) is 0 Å². The summed E-state index contributed by atoms with van der Waals surface area (Å²) in [5.41, 5.74) is 2.52. The molecule has 2 saturated heterocycles. The smallest absolute Gasteiger partial charge is 0.223 e. The number of likely N-dealkylation sites (tertiary alicyclic amines) is 1. The van der Waals surface area contributed by atoms with Crippen molar-refractivity contribution in [3.8, 4) is 0 Å². The number of halogens is 1. The highest BCUT2D eigenvalue weighted by molar-refractivity contribution is 6.31. The lowest BCUT2D eigenvalue weighted by molar-refractivity contribution is -0.126. The van der Waals surface area contributed by atoms with E-state index in [1.807, 2.05) is 6.07 Å². The predicted molar refractivity (Wildman–Crippen MR) is 127 cm³/mol. The molecule has 170 valence electrons. The van der Waals surface area contributed by atoms with Crippen LogP contribution in [0.15, 0.2) is 24.4 Å². The van der Waals surface area contributed by atoms with Crippen molar-refractivity contribution in [1.29, 1.82) is 0 Å². The van der Waals surface area contributed by atoms with Gasteiger partial charge in [0.15, 0.2) is 0 Å². The number of carbonyl (C=O) groups is 1. The van der Waals surface area contributed by atoms with Gasteiger partial charge in [-0.05, 0) is 56.2 Å². The lowest BCUT2D eigenvalue weighted by Crippen LogP contribution is -2.48. The van der Waals surface area contributed by atoms with E-state index in [0.717, 1.165) is 83.3 Å². The first kappa shape index (κ1) is 22.6. The van der Waals surface area contributed by atoms with E-state index in [-0.39, 0.29) is 11.8 Å². The molecule has 1 amide bonds. The van der Waals surface area contributed by atoms with Crippen LogP contribution in [-0.2, 0) is 18.4 Å². The Hall–Kier alpha value is -1.60.